The zero-order chi connectivity index (χ0) is 24.8. The lowest BCUT2D eigenvalue weighted by molar-refractivity contribution is 0.154. The third-order valence-electron chi connectivity index (χ3n) is 6.88. The van der Waals surface area contributed by atoms with Crippen molar-refractivity contribution in [2.75, 3.05) is 0 Å². The largest absolute Gasteiger partial charge is 0.489 e. The number of halogens is 1. The zero-order valence-electron chi connectivity index (χ0n) is 19.9. The van der Waals surface area contributed by atoms with Crippen molar-refractivity contribution in [3.8, 4) is 39.0 Å². The summed E-state index contributed by atoms with van der Waals surface area (Å²) in [6.45, 7) is 0. The minimum Gasteiger partial charge on any atom is -0.489 e. The van der Waals surface area contributed by atoms with Gasteiger partial charge in [0.05, 0.1) is 39.8 Å². The number of fused-ring (bicyclic) bond motifs is 2. The van der Waals surface area contributed by atoms with Gasteiger partial charge < -0.3 is 9.72 Å². The summed E-state index contributed by atoms with van der Waals surface area (Å²) in [6, 6.07) is 13.1. The number of aromatic nitrogens is 6. The minimum absolute atomic E-state index is 0.234. The molecule has 2 N–H and O–H groups in total. The van der Waals surface area contributed by atoms with Gasteiger partial charge in [0.25, 0.3) is 0 Å². The maximum absolute atomic E-state index is 13.7. The molecule has 0 bridgehead atoms. The number of ether oxygens (including phenoxy) is 1. The van der Waals surface area contributed by atoms with Crippen molar-refractivity contribution in [1.29, 1.82) is 0 Å². The molecule has 0 radical (unpaired) electrons. The lowest BCUT2D eigenvalue weighted by Gasteiger charge is -2.22. The number of hydrogen-bond donors (Lipinski definition) is 2. The SMILES string of the molecule is Fc1ccc(-c2nccc3[nH]c(-c4n[nH]c5ccc(-c6cncc(OC7CCCCC7)c6)nc45)cc23)s1. The summed E-state index contributed by atoms with van der Waals surface area (Å²) < 4.78 is 19.9. The van der Waals surface area contributed by atoms with Gasteiger partial charge in [-0.2, -0.15) is 9.49 Å². The van der Waals surface area contributed by atoms with Crippen LogP contribution >= 0.6 is 11.3 Å². The number of pyridine rings is 3. The van der Waals surface area contributed by atoms with Crippen molar-refractivity contribution in [2.45, 2.75) is 38.2 Å². The smallest absolute Gasteiger partial charge is 0.177 e. The molecule has 0 aliphatic heterocycles. The fraction of sp³-hybridized carbons (Fsp3) is 0.214. The Bertz CT molecular complexity index is 1730. The van der Waals surface area contributed by atoms with Gasteiger partial charge >= 0.3 is 0 Å². The van der Waals surface area contributed by atoms with E-state index in [-0.39, 0.29) is 11.2 Å². The molecule has 0 saturated heterocycles. The number of H-pyrrole nitrogens is 2. The molecule has 0 amide bonds. The molecule has 9 heteroatoms. The number of rotatable bonds is 5. The van der Waals surface area contributed by atoms with Gasteiger partial charge in [0.2, 0.25) is 0 Å². The van der Waals surface area contributed by atoms with Crippen LogP contribution in [0.3, 0.4) is 0 Å². The number of nitrogens with zero attached hydrogens (tertiary/aromatic N) is 4. The van der Waals surface area contributed by atoms with Crippen molar-refractivity contribution >= 4 is 33.3 Å². The van der Waals surface area contributed by atoms with E-state index in [0.29, 0.717) is 5.69 Å². The molecule has 7 rings (SSSR count). The average molecular weight is 511 g/mol. The molecule has 184 valence electrons. The van der Waals surface area contributed by atoms with Gasteiger partial charge in [-0.1, -0.05) is 6.42 Å². The number of aromatic amines is 2. The van der Waals surface area contributed by atoms with Crippen LogP contribution in [0.4, 0.5) is 4.39 Å². The predicted octanol–water partition coefficient (Wildman–Crippen LogP) is 7.14. The lowest BCUT2D eigenvalue weighted by Crippen LogP contribution is -2.19. The van der Waals surface area contributed by atoms with Gasteiger partial charge in [-0.25, -0.2) is 4.98 Å². The second-order valence-corrected chi connectivity index (χ2v) is 10.4. The van der Waals surface area contributed by atoms with E-state index in [1.165, 1.54) is 25.3 Å². The van der Waals surface area contributed by atoms with E-state index in [4.69, 9.17) is 9.72 Å². The number of hydrogen-bond acceptors (Lipinski definition) is 6. The van der Waals surface area contributed by atoms with Crippen LogP contribution in [-0.2, 0) is 0 Å². The van der Waals surface area contributed by atoms with E-state index in [1.54, 1.807) is 18.5 Å². The maximum atomic E-state index is 13.7. The third-order valence-corrected chi connectivity index (χ3v) is 7.76. The van der Waals surface area contributed by atoms with Gasteiger partial charge in [-0.3, -0.25) is 15.1 Å². The minimum atomic E-state index is -0.234. The molecule has 1 fully saturated rings. The van der Waals surface area contributed by atoms with Gasteiger partial charge in [-0.05, 0) is 68.1 Å². The Balaban J connectivity index is 1.26. The summed E-state index contributed by atoms with van der Waals surface area (Å²) in [5, 5.41) is 8.32. The first-order chi connectivity index (χ1) is 18.2. The van der Waals surface area contributed by atoms with Gasteiger partial charge in [0.15, 0.2) is 5.13 Å². The average Bonchev–Trinajstić information content (AvgIpc) is 3.66. The number of nitrogens with one attached hydrogen (secondary N) is 2. The van der Waals surface area contributed by atoms with Crippen molar-refractivity contribution < 1.29 is 9.13 Å². The Morgan fingerprint density at radius 3 is 2.73 bits per heavy atom. The maximum Gasteiger partial charge on any atom is 0.177 e. The lowest BCUT2D eigenvalue weighted by atomic mass is 9.98. The van der Waals surface area contributed by atoms with E-state index >= 15 is 0 Å². The Morgan fingerprint density at radius 1 is 0.946 bits per heavy atom. The first kappa shape index (κ1) is 22.1. The van der Waals surface area contributed by atoms with Crippen LogP contribution in [0.25, 0.3) is 55.2 Å². The molecule has 0 spiro atoms. The molecular weight excluding hydrogens is 487 g/mol. The van der Waals surface area contributed by atoms with Crippen LogP contribution in [-0.4, -0.2) is 36.2 Å². The van der Waals surface area contributed by atoms with Crippen molar-refractivity contribution in [3.05, 3.63) is 66.2 Å². The van der Waals surface area contributed by atoms with E-state index < -0.39 is 0 Å². The zero-order valence-corrected chi connectivity index (χ0v) is 20.7. The van der Waals surface area contributed by atoms with E-state index in [9.17, 15) is 4.39 Å². The summed E-state index contributed by atoms with van der Waals surface area (Å²) in [7, 11) is 0. The summed E-state index contributed by atoms with van der Waals surface area (Å²) in [4.78, 5) is 18.1. The first-order valence-corrected chi connectivity index (χ1v) is 13.2. The Kier molecular flexibility index (Phi) is 5.43. The molecule has 0 unspecified atom stereocenters. The molecule has 6 aromatic heterocycles. The molecule has 6 aromatic rings. The highest BCUT2D eigenvalue weighted by Crippen LogP contribution is 2.35. The molecule has 7 nitrogen and oxygen atoms in total. The van der Waals surface area contributed by atoms with Crippen molar-refractivity contribution in [2.24, 2.45) is 0 Å². The second-order valence-electron chi connectivity index (χ2n) is 9.36. The molecule has 37 heavy (non-hydrogen) atoms. The Hall–Kier alpha value is -4.11. The van der Waals surface area contributed by atoms with E-state index in [2.05, 4.69) is 25.1 Å². The normalized spacial score (nSPS) is 14.5. The van der Waals surface area contributed by atoms with Gasteiger partial charge in [0, 0.05) is 28.9 Å². The van der Waals surface area contributed by atoms with Crippen LogP contribution in [0.5, 0.6) is 5.75 Å². The topological polar surface area (TPSA) is 92.4 Å². The highest BCUT2D eigenvalue weighted by molar-refractivity contribution is 7.13. The molecule has 0 atom stereocenters. The Morgan fingerprint density at radius 2 is 1.86 bits per heavy atom. The fourth-order valence-electron chi connectivity index (χ4n) is 5.07. The molecule has 1 aliphatic rings. The molecule has 6 heterocycles. The third kappa shape index (κ3) is 4.15. The monoisotopic (exact) mass is 510 g/mol. The molecule has 1 saturated carbocycles. The van der Waals surface area contributed by atoms with E-state index in [0.717, 1.165) is 79.4 Å². The van der Waals surface area contributed by atoms with Crippen LogP contribution in [0.2, 0.25) is 0 Å². The van der Waals surface area contributed by atoms with Gasteiger partial charge in [-0.15, -0.1) is 11.3 Å². The molecule has 1 aliphatic carbocycles. The summed E-state index contributed by atoms with van der Waals surface area (Å²) in [6.07, 6.45) is 11.5. The molecular formula is C28H23FN6OS. The highest BCUT2D eigenvalue weighted by Gasteiger charge is 2.18. The van der Waals surface area contributed by atoms with Crippen LogP contribution in [0.15, 0.2) is 61.1 Å². The summed E-state index contributed by atoms with van der Waals surface area (Å²) in [5.74, 6) is 0.777. The predicted molar refractivity (Wildman–Crippen MR) is 143 cm³/mol. The van der Waals surface area contributed by atoms with Crippen LogP contribution in [0.1, 0.15) is 32.1 Å². The first-order valence-electron chi connectivity index (χ1n) is 12.4. The number of thiophene rings is 1. The van der Waals surface area contributed by atoms with E-state index in [1.807, 2.05) is 36.5 Å². The second kappa shape index (κ2) is 9.08. The Labute approximate surface area is 215 Å². The summed E-state index contributed by atoms with van der Waals surface area (Å²) in [5.41, 5.74) is 6.43. The van der Waals surface area contributed by atoms with Gasteiger partial charge in [0.1, 0.15) is 17.0 Å². The van der Waals surface area contributed by atoms with Crippen molar-refractivity contribution in [1.82, 2.24) is 30.1 Å². The summed E-state index contributed by atoms with van der Waals surface area (Å²) >= 11 is 1.08. The quantitative estimate of drug-likeness (QED) is 0.257. The standard InChI is InChI=1S/C28H23FN6OS/c29-25-9-8-24(37-25)26-19-13-23(32-21(19)10-11-31-26)28-27-22(34-35-28)7-6-20(33-27)16-12-18(15-30-14-16)36-17-4-2-1-3-5-17/h6-15,17,32H,1-5H2,(H,34,35). The molecule has 0 aromatic carbocycles. The van der Waals surface area contributed by atoms with Crippen molar-refractivity contribution in [3.63, 3.8) is 0 Å². The fourth-order valence-corrected chi connectivity index (χ4v) is 5.81. The van der Waals surface area contributed by atoms with Crippen LogP contribution in [0, 0.1) is 5.13 Å². The van der Waals surface area contributed by atoms with Crippen LogP contribution < -0.4 is 4.74 Å². The highest BCUT2D eigenvalue weighted by atomic mass is 32.1.